The summed E-state index contributed by atoms with van der Waals surface area (Å²) in [5.41, 5.74) is 0. The number of thioether (sulfide) groups is 1. The van der Waals surface area contributed by atoms with Gasteiger partial charge in [-0.05, 0) is 6.92 Å². The molecule has 2 heterocycles. The first-order chi connectivity index (χ1) is 5.77. The van der Waals surface area contributed by atoms with Crippen molar-refractivity contribution in [1.82, 2.24) is 10.2 Å². The first-order valence-electron chi connectivity index (χ1n) is 3.45. The molecule has 0 N–H and O–H groups in total. The Hall–Kier alpha value is -0.620. The van der Waals surface area contributed by atoms with Crippen molar-refractivity contribution in [3.05, 3.63) is 5.01 Å². The SMILES string of the molecule is Cc1nnc(N2CSCC2=O)s1. The number of hydrogen-bond acceptors (Lipinski definition) is 5. The molecule has 1 aromatic heterocycles. The van der Waals surface area contributed by atoms with E-state index in [1.807, 2.05) is 6.92 Å². The molecule has 64 valence electrons. The molecule has 1 fully saturated rings. The van der Waals surface area contributed by atoms with Gasteiger partial charge in [-0.15, -0.1) is 22.0 Å². The van der Waals surface area contributed by atoms with E-state index in [9.17, 15) is 4.79 Å². The molecule has 1 amide bonds. The molecule has 1 aliphatic heterocycles. The lowest BCUT2D eigenvalue weighted by Crippen LogP contribution is -2.24. The largest absolute Gasteiger partial charge is 0.276 e. The van der Waals surface area contributed by atoms with Crippen LogP contribution in [0, 0.1) is 6.92 Å². The Balaban J connectivity index is 2.24. The van der Waals surface area contributed by atoms with Crippen LogP contribution in [0.25, 0.3) is 0 Å². The van der Waals surface area contributed by atoms with Gasteiger partial charge in [0.05, 0.1) is 11.6 Å². The fourth-order valence-electron chi connectivity index (χ4n) is 0.931. The van der Waals surface area contributed by atoms with Crippen molar-refractivity contribution in [2.45, 2.75) is 6.92 Å². The number of nitrogens with zero attached hydrogens (tertiary/aromatic N) is 3. The Bertz CT molecular complexity index is 311. The highest BCUT2D eigenvalue weighted by atomic mass is 32.2. The summed E-state index contributed by atoms with van der Waals surface area (Å²) in [6, 6.07) is 0. The molecular formula is C6H7N3OS2. The molecule has 4 nitrogen and oxygen atoms in total. The lowest BCUT2D eigenvalue weighted by Gasteiger charge is -2.07. The van der Waals surface area contributed by atoms with E-state index < -0.39 is 0 Å². The van der Waals surface area contributed by atoms with Gasteiger partial charge in [0.25, 0.3) is 0 Å². The molecule has 0 aliphatic carbocycles. The molecule has 2 rings (SSSR count). The third-order valence-electron chi connectivity index (χ3n) is 1.49. The highest BCUT2D eigenvalue weighted by molar-refractivity contribution is 8.00. The summed E-state index contributed by atoms with van der Waals surface area (Å²) in [5, 5.41) is 9.39. The van der Waals surface area contributed by atoms with Crippen LogP contribution in [0.15, 0.2) is 0 Å². The first kappa shape index (κ1) is 8.00. The Labute approximate surface area is 78.0 Å². The molecule has 0 atom stereocenters. The summed E-state index contributed by atoms with van der Waals surface area (Å²) in [5.74, 6) is 1.42. The molecule has 6 heteroatoms. The first-order valence-corrected chi connectivity index (χ1v) is 5.43. The number of hydrogen-bond donors (Lipinski definition) is 0. The summed E-state index contributed by atoms with van der Waals surface area (Å²) in [6.45, 7) is 1.88. The monoisotopic (exact) mass is 201 g/mol. The van der Waals surface area contributed by atoms with E-state index in [2.05, 4.69) is 10.2 Å². The van der Waals surface area contributed by atoms with Gasteiger partial charge in [-0.3, -0.25) is 9.69 Å². The summed E-state index contributed by atoms with van der Waals surface area (Å²) >= 11 is 3.07. The van der Waals surface area contributed by atoms with Gasteiger partial charge in [-0.1, -0.05) is 11.3 Å². The van der Waals surface area contributed by atoms with Gasteiger partial charge in [-0.25, -0.2) is 0 Å². The van der Waals surface area contributed by atoms with Crippen LogP contribution in [0.2, 0.25) is 0 Å². The minimum atomic E-state index is 0.135. The van der Waals surface area contributed by atoms with Crippen LogP contribution in [-0.2, 0) is 4.79 Å². The van der Waals surface area contributed by atoms with Gasteiger partial charge >= 0.3 is 0 Å². The molecule has 1 saturated heterocycles. The van der Waals surface area contributed by atoms with Crippen LogP contribution >= 0.6 is 23.1 Å². The number of aryl methyl sites for hydroxylation is 1. The fourth-order valence-corrected chi connectivity index (χ4v) is 2.59. The standard InChI is InChI=1S/C6H7N3OS2/c1-4-7-8-6(12-4)9-3-11-2-5(9)10/h2-3H2,1H3. The maximum atomic E-state index is 11.2. The molecular weight excluding hydrogens is 194 g/mol. The van der Waals surface area contributed by atoms with E-state index in [0.29, 0.717) is 11.6 Å². The molecule has 0 aromatic carbocycles. The van der Waals surface area contributed by atoms with Crippen molar-refractivity contribution in [3.8, 4) is 0 Å². The highest BCUT2D eigenvalue weighted by Crippen LogP contribution is 2.26. The van der Waals surface area contributed by atoms with Crippen LogP contribution < -0.4 is 4.90 Å². The van der Waals surface area contributed by atoms with Crippen molar-refractivity contribution < 1.29 is 4.79 Å². The van der Waals surface area contributed by atoms with E-state index in [-0.39, 0.29) is 5.91 Å². The average molecular weight is 201 g/mol. The lowest BCUT2D eigenvalue weighted by atomic mass is 10.6. The molecule has 0 radical (unpaired) electrons. The van der Waals surface area contributed by atoms with Crippen LogP contribution in [0.4, 0.5) is 5.13 Å². The Kier molecular flexibility index (Phi) is 2.02. The van der Waals surface area contributed by atoms with Gasteiger partial charge in [0.2, 0.25) is 11.0 Å². The number of amides is 1. The van der Waals surface area contributed by atoms with Gasteiger partial charge < -0.3 is 0 Å². The Morgan fingerprint density at radius 1 is 1.50 bits per heavy atom. The van der Waals surface area contributed by atoms with E-state index in [0.717, 1.165) is 10.1 Å². The van der Waals surface area contributed by atoms with Crippen LogP contribution in [0.3, 0.4) is 0 Å². The predicted molar refractivity (Wildman–Crippen MR) is 49.5 cm³/mol. The number of carbonyl (C=O) groups is 1. The van der Waals surface area contributed by atoms with E-state index in [1.54, 1.807) is 16.7 Å². The minimum absolute atomic E-state index is 0.135. The van der Waals surface area contributed by atoms with E-state index in [1.165, 1.54) is 11.3 Å². The summed E-state index contributed by atoms with van der Waals surface area (Å²) in [6.07, 6.45) is 0. The zero-order valence-corrected chi connectivity index (χ0v) is 8.11. The van der Waals surface area contributed by atoms with Crippen molar-refractivity contribution in [2.75, 3.05) is 16.5 Å². The fraction of sp³-hybridized carbons (Fsp3) is 0.500. The normalized spacial score (nSPS) is 17.4. The molecule has 0 saturated carbocycles. The smallest absolute Gasteiger partial charge is 0.239 e. The maximum Gasteiger partial charge on any atom is 0.239 e. The highest BCUT2D eigenvalue weighted by Gasteiger charge is 2.24. The number of rotatable bonds is 1. The zero-order chi connectivity index (χ0) is 8.55. The average Bonchev–Trinajstić information content (AvgIpc) is 2.58. The van der Waals surface area contributed by atoms with Gasteiger partial charge in [-0.2, -0.15) is 0 Å². The topological polar surface area (TPSA) is 46.1 Å². The molecule has 1 aromatic rings. The molecule has 0 bridgehead atoms. The van der Waals surface area contributed by atoms with Gasteiger partial charge in [0.15, 0.2) is 0 Å². The number of anilines is 1. The van der Waals surface area contributed by atoms with Crippen molar-refractivity contribution >= 4 is 34.1 Å². The lowest BCUT2D eigenvalue weighted by molar-refractivity contribution is -0.115. The summed E-state index contributed by atoms with van der Waals surface area (Å²) in [7, 11) is 0. The Morgan fingerprint density at radius 2 is 2.33 bits per heavy atom. The minimum Gasteiger partial charge on any atom is -0.276 e. The number of aromatic nitrogens is 2. The molecule has 12 heavy (non-hydrogen) atoms. The van der Waals surface area contributed by atoms with Crippen LogP contribution in [-0.4, -0.2) is 27.7 Å². The van der Waals surface area contributed by atoms with E-state index >= 15 is 0 Å². The summed E-state index contributed by atoms with van der Waals surface area (Å²) in [4.78, 5) is 12.9. The third-order valence-corrected chi connectivity index (χ3v) is 3.25. The second kappa shape index (κ2) is 3.02. The van der Waals surface area contributed by atoms with Crippen molar-refractivity contribution in [1.29, 1.82) is 0 Å². The quantitative estimate of drug-likeness (QED) is 0.676. The van der Waals surface area contributed by atoms with Crippen molar-refractivity contribution in [2.24, 2.45) is 0 Å². The van der Waals surface area contributed by atoms with Gasteiger partial charge in [0.1, 0.15) is 5.01 Å². The second-order valence-electron chi connectivity index (χ2n) is 2.40. The molecule has 1 aliphatic rings. The zero-order valence-electron chi connectivity index (χ0n) is 6.48. The van der Waals surface area contributed by atoms with Gasteiger partial charge in [0, 0.05) is 0 Å². The third kappa shape index (κ3) is 1.32. The van der Waals surface area contributed by atoms with Crippen molar-refractivity contribution in [3.63, 3.8) is 0 Å². The van der Waals surface area contributed by atoms with Crippen LogP contribution in [0.5, 0.6) is 0 Å². The Morgan fingerprint density at radius 3 is 2.83 bits per heavy atom. The predicted octanol–water partition coefficient (Wildman–Crippen LogP) is 0.884. The van der Waals surface area contributed by atoms with E-state index in [4.69, 9.17) is 0 Å². The summed E-state index contributed by atoms with van der Waals surface area (Å²) < 4.78 is 0. The molecule has 0 spiro atoms. The second-order valence-corrected chi connectivity index (χ2v) is 4.52. The number of carbonyl (C=O) groups excluding carboxylic acids is 1. The maximum absolute atomic E-state index is 11.2. The molecule has 0 unspecified atom stereocenters. The van der Waals surface area contributed by atoms with Crippen LogP contribution in [0.1, 0.15) is 5.01 Å².